The summed E-state index contributed by atoms with van der Waals surface area (Å²) in [6.07, 6.45) is 0. The number of hydrogen-bond donors (Lipinski definition) is 2. The summed E-state index contributed by atoms with van der Waals surface area (Å²) in [4.78, 5) is 0. The van der Waals surface area contributed by atoms with Gasteiger partial charge in [-0.2, -0.15) is 0 Å². The maximum absolute atomic E-state index is 9.37. The van der Waals surface area contributed by atoms with Crippen LogP contribution < -0.4 is 10.5 Å². The molecule has 84 valence electrons. The summed E-state index contributed by atoms with van der Waals surface area (Å²) < 4.78 is 5.23. The third-order valence-electron chi connectivity index (χ3n) is 2.62. The number of rotatable bonds is 4. The Morgan fingerprint density at radius 2 is 2.20 bits per heavy atom. The lowest BCUT2D eigenvalue weighted by molar-refractivity contribution is 0.206. The van der Waals surface area contributed by atoms with Crippen molar-refractivity contribution in [2.45, 2.75) is 12.3 Å². The molecule has 0 bridgehead atoms. The molecule has 1 aromatic carbocycles. The van der Waals surface area contributed by atoms with Gasteiger partial charge in [0.25, 0.3) is 0 Å². The number of para-hydroxylation sites is 1. The van der Waals surface area contributed by atoms with E-state index < -0.39 is 5.41 Å². The first kappa shape index (κ1) is 12.3. The summed E-state index contributed by atoms with van der Waals surface area (Å²) in [5.74, 6) is 0.584. The van der Waals surface area contributed by atoms with E-state index in [2.05, 4.69) is 0 Å². The zero-order valence-electron chi connectivity index (χ0n) is 8.96. The number of nitrogens with two attached hydrogens (primary N) is 1. The summed E-state index contributed by atoms with van der Waals surface area (Å²) in [7, 11) is 1.55. The second-order valence-electron chi connectivity index (χ2n) is 3.74. The Kier molecular flexibility index (Phi) is 3.97. The zero-order valence-corrected chi connectivity index (χ0v) is 9.71. The summed E-state index contributed by atoms with van der Waals surface area (Å²) in [5.41, 5.74) is 5.98. The van der Waals surface area contributed by atoms with Crippen LogP contribution in [0.15, 0.2) is 18.2 Å². The Labute approximate surface area is 94.8 Å². The monoisotopic (exact) mass is 229 g/mol. The fourth-order valence-electron chi connectivity index (χ4n) is 1.45. The first-order chi connectivity index (χ1) is 7.09. The van der Waals surface area contributed by atoms with Gasteiger partial charge in [0.05, 0.1) is 18.7 Å². The normalized spacial score (nSPS) is 14.7. The van der Waals surface area contributed by atoms with Crippen molar-refractivity contribution in [2.75, 3.05) is 20.3 Å². The molecule has 0 aliphatic heterocycles. The van der Waals surface area contributed by atoms with E-state index in [9.17, 15) is 5.11 Å². The molecule has 0 aliphatic carbocycles. The predicted octanol–water partition coefficient (Wildman–Crippen LogP) is 1.56. The van der Waals surface area contributed by atoms with Gasteiger partial charge in [-0.15, -0.1) is 0 Å². The molecule has 0 spiro atoms. The average Bonchev–Trinajstić information content (AvgIpc) is 2.27. The van der Waals surface area contributed by atoms with Crippen LogP contribution in [0.25, 0.3) is 0 Å². The van der Waals surface area contributed by atoms with Crippen molar-refractivity contribution in [1.29, 1.82) is 0 Å². The largest absolute Gasteiger partial charge is 0.495 e. The molecule has 15 heavy (non-hydrogen) atoms. The summed E-state index contributed by atoms with van der Waals surface area (Å²) in [6, 6.07) is 5.44. The van der Waals surface area contributed by atoms with Crippen molar-refractivity contribution < 1.29 is 9.84 Å². The highest BCUT2D eigenvalue weighted by Crippen LogP contribution is 2.36. The molecule has 0 saturated heterocycles. The molecule has 3 N–H and O–H groups in total. The van der Waals surface area contributed by atoms with Gasteiger partial charge in [-0.1, -0.05) is 30.7 Å². The van der Waals surface area contributed by atoms with Gasteiger partial charge in [0.2, 0.25) is 0 Å². The van der Waals surface area contributed by atoms with E-state index in [1.807, 2.05) is 19.1 Å². The third-order valence-corrected chi connectivity index (χ3v) is 2.92. The number of ether oxygens (including phenoxy) is 1. The van der Waals surface area contributed by atoms with E-state index in [4.69, 9.17) is 22.1 Å². The van der Waals surface area contributed by atoms with Crippen molar-refractivity contribution >= 4 is 11.6 Å². The van der Waals surface area contributed by atoms with E-state index >= 15 is 0 Å². The Morgan fingerprint density at radius 1 is 1.53 bits per heavy atom. The van der Waals surface area contributed by atoms with Crippen LogP contribution in [0.1, 0.15) is 12.5 Å². The average molecular weight is 230 g/mol. The molecular formula is C11H16ClNO2. The molecule has 1 atom stereocenters. The molecular weight excluding hydrogens is 214 g/mol. The fourth-order valence-corrected chi connectivity index (χ4v) is 1.70. The van der Waals surface area contributed by atoms with E-state index in [0.717, 1.165) is 5.56 Å². The van der Waals surface area contributed by atoms with Gasteiger partial charge in [0.1, 0.15) is 5.75 Å². The minimum absolute atomic E-state index is 0.0415. The summed E-state index contributed by atoms with van der Waals surface area (Å²) in [6.45, 7) is 2.17. The Balaban J connectivity index is 3.29. The van der Waals surface area contributed by atoms with Crippen LogP contribution in [0.2, 0.25) is 5.02 Å². The SMILES string of the molecule is COc1c(Cl)cccc1C(C)(CN)CO. The highest BCUT2D eigenvalue weighted by molar-refractivity contribution is 6.32. The lowest BCUT2D eigenvalue weighted by Gasteiger charge is -2.28. The number of hydrogen-bond acceptors (Lipinski definition) is 3. The van der Waals surface area contributed by atoms with E-state index in [1.54, 1.807) is 13.2 Å². The van der Waals surface area contributed by atoms with Crippen molar-refractivity contribution in [1.82, 2.24) is 0 Å². The summed E-state index contributed by atoms with van der Waals surface area (Å²) in [5, 5.41) is 9.90. The second-order valence-corrected chi connectivity index (χ2v) is 4.15. The van der Waals surface area contributed by atoms with Gasteiger partial charge in [0.15, 0.2) is 0 Å². The van der Waals surface area contributed by atoms with Gasteiger partial charge in [-0.25, -0.2) is 0 Å². The molecule has 0 saturated carbocycles. The van der Waals surface area contributed by atoms with Crippen LogP contribution in [0, 0.1) is 0 Å². The third kappa shape index (κ3) is 2.25. The molecule has 1 aromatic rings. The molecule has 3 nitrogen and oxygen atoms in total. The number of halogens is 1. The maximum Gasteiger partial charge on any atom is 0.141 e. The highest BCUT2D eigenvalue weighted by Gasteiger charge is 2.28. The van der Waals surface area contributed by atoms with Crippen molar-refractivity contribution in [2.24, 2.45) is 5.73 Å². The van der Waals surface area contributed by atoms with Crippen molar-refractivity contribution in [3.63, 3.8) is 0 Å². The van der Waals surface area contributed by atoms with Crippen LogP contribution in [0.5, 0.6) is 5.75 Å². The topological polar surface area (TPSA) is 55.5 Å². The first-order valence-corrected chi connectivity index (χ1v) is 5.10. The van der Waals surface area contributed by atoms with Gasteiger partial charge in [0, 0.05) is 17.5 Å². The minimum Gasteiger partial charge on any atom is -0.495 e. The Morgan fingerprint density at radius 3 is 2.67 bits per heavy atom. The number of benzene rings is 1. The molecule has 0 amide bonds. The quantitative estimate of drug-likeness (QED) is 0.824. The highest BCUT2D eigenvalue weighted by atomic mass is 35.5. The van der Waals surface area contributed by atoms with Gasteiger partial charge in [-0.05, 0) is 6.07 Å². The van der Waals surface area contributed by atoms with Crippen LogP contribution >= 0.6 is 11.6 Å². The fraction of sp³-hybridized carbons (Fsp3) is 0.455. The minimum atomic E-state index is -0.518. The lowest BCUT2D eigenvalue weighted by Crippen LogP contribution is -2.35. The molecule has 1 rings (SSSR count). The van der Waals surface area contributed by atoms with Crippen molar-refractivity contribution in [3.05, 3.63) is 28.8 Å². The molecule has 1 unspecified atom stereocenters. The van der Waals surface area contributed by atoms with E-state index in [-0.39, 0.29) is 6.61 Å². The van der Waals surface area contributed by atoms with Gasteiger partial charge >= 0.3 is 0 Å². The second kappa shape index (κ2) is 4.84. The van der Waals surface area contributed by atoms with E-state index in [0.29, 0.717) is 17.3 Å². The Bertz CT molecular complexity index is 337. The van der Waals surface area contributed by atoms with Gasteiger partial charge < -0.3 is 15.6 Å². The summed E-state index contributed by atoms with van der Waals surface area (Å²) >= 11 is 6.00. The van der Waals surface area contributed by atoms with Gasteiger partial charge in [-0.3, -0.25) is 0 Å². The molecule has 0 radical (unpaired) electrons. The molecule has 0 heterocycles. The number of aliphatic hydroxyl groups excluding tert-OH is 1. The first-order valence-electron chi connectivity index (χ1n) is 4.73. The van der Waals surface area contributed by atoms with Crippen LogP contribution in [0.3, 0.4) is 0 Å². The van der Waals surface area contributed by atoms with E-state index in [1.165, 1.54) is 0 Å². The maximum atomic E-state index is 9.37. The van der Waals surface area contributed by atoms with Crippen LogP contribution in [-0.4, -0.2) is 25.4 Å². The molecule has 4 heteroatoms. The Hall–Kier alpha value is -0.770. The zero-order chi connectivity index (χ0) is 11.5. The van der Waals surface area contributed by atoms with Crippen LogP contribution in [0.4, 0.5) is 0 Å². The molecule has 0 aliphatic rings. The smallest absolute Gasteiger partial charge is 0.141 e. The standard InChI is InChI=1S/C11H16ClNO2/c1-11(6-13,7-14)8-4-3-5-9(12)10(8)15-2/h3-5,14H,6-7,13H2,1-2H3. The number of aliphatic hydroxyl groups is 1. The lowest BCUT2D eigenvalue weighted by atomic mass is 9.83. The number of methoxy groups -OCH3 is 1. The predicted molar refractivity (Wildman–Crippen MR) is 61.5 cm³/mol. The molecule has 0 fully saturated rings. The van der Waals surface area contributed by atoms with Crippen LogP contribution in [-0.2, 0) is 5.41 Å². The van der Waals surface area contributed by atoms with Crippen molar-refractivity contribution in [3.8, 4) is 5.75 Å². The molecule has 0 aromatic heterocycles.